The Morgan fingerprint density at radius 2 is 1.76 bits per heavy atom. The molecule has 0 aliphatic rings. The summed E-state index contributed by atoms with van der Waals surface area (Å²) < 4.78 is 53.8. The topological polar surface area (TPSA) is 68.2 Å². The molecule has 5 nitrogen and oxygen atoms in total. The number of aromatic nitrogens is 1. The maximum atomic E-state index is 13.1. The van der Waals surface area contributed by atoms with Crippen LogP contribution in [0, 0.1) is 11.6 Å². The molecule has 0 aliphatic heterocycles. The molecule has 8 heteroatoms. The van der Waals surface area contributed by atoms with Crippen molar-refractivity contribution in [1.82, 2.24) is 4.57 Å². The summed E-state index contributed by atoms with van der Waals surface area (Å²) >= 11 is 0. The Labute approximate surface area is 119 Å². The lowest BCUT2D eigenvalue weighted by atomic mass is 10.3. The van der Waals surface area contributed by atoms with E-state index in [1.165, 1.54) is 22.9 Å². The Hall–Kier alpha value is -2.22. The van der Waals surface area contributed by atoms with E-state index in [2.05, 4.69) is 4.72 Å². The molecular formula is C13H12F2N2O3S. The first kappa shape index (κ1) is 15.2. The summed E-state index contributed by atoms with van der Waals surface area (Å²) in [7, 11) is -4.14. The number of aryl methyl sites for hydroxylation is 1. The number of nitrogens with one attached hydrogen (secondary N) is 1. The zero-order valence-corrected chi connectivity index (χ0v) is 11.8. The average molecular weight is 314 g/mol. The van der Waals surface area contributed by atoms with E-state index in [0.717, 1.165) is 0 Å². The van der Waals surface area contributed by atoms with Crippen LogP contribution in [0.15, 0.2) is 46.2 Å². The summed E-state index contributed by atoms with van der Waals surface area (Å²) in [5, 5.41) is 0. The van der Waals surface area contributed by atoms with Gasteiger partial charge in [0.15, 0.2) is 0 Å². The Kier molecular flexibility index (Phi) is 4.08. The van der Waals surface area contributed by atoms with Gasteiger partial charge in [-0.2, -0.15) is 0 Å². The lowest BCUT2D eigenvalue weighted by Crippen LogP contribution is -2.20. The number of nitrogens with zero attached hydrogens (tertiary/aromatic N) is 1. The quantitative estimate of drug-likeness (QED) is 0.938. The molecule has 112 valence electrons. The van der Waals surface area contributed by atoms with Crippen molar-refractivity contribution in [3.05, 3.63) is 58.5 Å². The maximum absolute atomic E-state index is 13.1. The molecule has 2 aromatic rings. The van der Waals surface area contributed by atoms with E-state index in [1.807, 2.05) is 0 Å². The summed E-state index contributed by atoms with van der Waals surface area (Å²) in [4.78, 5) is 10.9. The van der Waals surface area contributed by atoms with Crippen LogP contribution in [0.3, 0.4) is 0 Å². The number of hydrogen-bond acceptors (Lipinski definition) is 3. The zero-order valence-electron chi connectivity index (χ0n) is 11.0. The first-order valence-corrected chi connectivity index (χ1v) is 7.49. The fourth-order valence-electron chi connectivity index (χ4n) is 1.74. The minimum atomic E-state index is -4.14. The molecule has 0 spiro atoms. The maximum Gasteiger partial charge on any atom is 0.262 e. The summed E-state index contributed by atoms with van der Waals surface area (Å²) in [6, 6.07) is 4.48. The number of benzene rings is 1. The number of pyridine rings is 1. The van der Waals surface area contributed by atoms with Gasteiger partial charge in [-0.05, 0) is 25.1 Å². The number of hydrogen-bond donors (Lipinski definition) is 1. The minimum absolute atomic E-state index is 0.126. The fourth-order valence-corrected chi connectivity index (χ4v) is 2.82. The summed E-state index contributed by atoms with van der Waals surface area (Å²) in [6.45, 7) is 2.09. The van der Waals surface area contributed by atoms with E-state index < -0.39 is 26.6 Å². The third-order valence-electron chi connectivity index (χ3n) is 2.72. The monoisotopic (exact) mass is 314 g/mol. The molecule has 0 aliphatic carbocycles. The smallest absolute Gasteiger partial charge is 0.262 e. The molecule has 1 aromatic carbocycles. The molecule has 0 amide bonds. The third-order valence-corrected chi connectivity index (χ3v) is 4.08. The minimum Gasteiger partial charge on any atom is -0.314 e. The number of halogens is 2. The van der Waals surface area contributed by atoms with Crippen molar-refractivity contribution in [3.8, 4) is 0 Å². The highest BCUT2D eigenvalue weighted by atomic mass is 32.2. The van der Waals surface area contributed by atoms with Crippen molar-refractivity contribution < 1.29 is 17.2 Å². The number of rotatable bonds is 4. The fraction of sp³-hybridized carbons (Fsp3) is 0.154. The molecule has 1 N–H and O–H groups in total. The van der Waals surface area contributed by atoms with Crippen molar-refractivity contribution in [2.45, 2.75) is 18.4 Å². The summed E-state index contributed by atoms with van der Waals surface area (Å²) in [5.41, 5.74) is -0.154. The highest BCUT2D eigenvalue weighted by Crippen LogP contribution is 2.17. The molecule has 2 rings (SSSR count). The van der Waals surface area contributed by atoms with Gasteiger partial charge in [-0.3, -0.25) is 9.52 Å². The van der Waals surface area contributed by atoms with Gasteiger partial charge in [0.2, 0.25) is 0 Å². The molecule has 0 fully saturated rings. The van der Waals surface area contributed by atoms with Gasteiger partial charge in [-0.15, -0.1) is 0 Å². The van der Waals surface area contributed by atoms with E-state index in [9.17, 15) is 22.0 Å². The molecule has 0 atom stereocenters. The van der Waals surface area contributed by atoms with Crippen LogP contribution in [0.5, 0.6) is 0 Å². The number of anilines is 1. The predicted molar refractivity (Wildman–Crippen MR) is 73.5 cm³/mol. The van der Waals surface area contributed by atoms with E-state index in [1.54, 1.807) is 6.92 Å². The second-order valence-corrected chi connectivity index (χ2v) is 5.94. The Morgan fingerprint density at radius 1 is 1.14 bits per heavy atom. The second kappa shape index (κ2) is 5.65. The summed E-state index contributed by atoms with van der Waals surface area (Å²) in [5.74, 6) is -1.98. The van der Waals surface area contributed by atoms with Crippen molar-refractivity contribution >= 4 is 15.7 Å². The number of sulfonamides is 1. The second-order valence-electron chi connectivity index (χ2n) is 4.25. The van der Waals surface area contributed by atoms with Crippen LogP contribution in [0.1, 0.15) is 6.92 Å². The average Bonchev–Trinajstić information content (AvgIpc) is 2.39. The molecule has 0 saturated carbocycles. The standard InChI is InChI=1S/C13H12F2N2O3S/c1-2-17-8-11(3-4-13(17)18)16-21(19,20)12-6-9(14)5-10(15)7-12/h3-8,16H,2H2,1H3. The molecule has 0 unspecified atom stereocenters. The van der Waals surface area contributed by atoms with Crippen LogP contribution in [0.25, 0.3) is 0 Å². The highest BCUT2D eigenvalue weighted by Gasteiger charge is 2.17. The van der Waals surface area contributed by atoms with Crippen LogP contribution >= 0.6 is 0 Å². The van der Waals surface area contributed by atoms with E-state index in [4.69, 9.17) is 0 Å². The molecule has 0 saturated heterocycles. The molecule has 1 heterocycles. The lowest BCUT2D eigenvalue weighted by molar-refractivity contribution is 0.568. The Balaban J connectivity index is 2.39. The normalized spacial score (nSPS) is 11.4. The van der Waals surface area contributed by atoms with Crippen molar-refractivity contribution in [2.24, 2.45) is 0 Å². The van der Waals surface area contributed by atoms with E-state index in [0.29, 0.717) is 24.7 Å². The van der Waals surface area contributed by atoms with Crippen LogP contribution in [0.2, 0.25) is 0 Å². The Morgan fingerprint density at radius 3 is 2.33 bits per heavy atom. The van der Waals surface area contributed by atoms with Crippen molar-refractivity contribution in [2.75, 3.05) is 4.72 Å². The van der Waals surface area contributed by atoms with Crippen LogP contribution in [-0.2, 0) is 16.6 Å². The molecule has 0 radical (unpaired) electrons. The van der Waals surface area contributed by atoms with Gasteiger partial charge >= 0.3 is 0 Å². The third kappa shape index (κ3) is 3.46. The van der Waals surface area contributed by atoms with E-state index in [-0.39, 0.29) is 11.2 Å². The van der Waals surface area contributed by atoms with Gasteiger partial charge < -0.3 is 4.57 Å². The van der Waals surface area contributed by atoms with Gasteiger partial charge in [-0.25, -0.2) is 17.2 Å². The van der Waals surface area contributed by atoms with E-state index >= 15 is 0 Å². The van der Waals surface area contributed by atoms with Gasteiger partial charge in [0.05, 0.1) is 10.6 Å². The van der Waals surface area contributed by atoms with Gasteiger partial charge in [-0.1, -0.05) is 0 Å². The zero-order chi connectivity index (χ0) is 15.6. The van der Waals surface area contributed by atoms with Crippen molar-refractivity contribution in [3.63, 3.8) is 0 Å². The van der Waals surface area contributed by atoms with Crippen LogP contribution in [0.4, 0.5) is 14.5 Å². The van der Waals surface area contributed by atoms with Gasteiger partial charge in [0.25, 0.3) is 15.6 Å². The predicted octanol–water partition coefficient (Wildman–Crippen LogP) is 1.95. The van der Waals surface area contributed by atoms with Crippen LogP contribution in [-0.4, -0.2) is 13.0 Å². The lowest BCUT2D eigenvalue weighted by Gasteiger charge is -2.10. The molecule has 1 aromatic heterocycles. The van der Waals surface area contributed by atoms with Gasteiger partial charge in [0, 0.05) is 24.9 Å². The highest BCUT2D eigenvalue weighted by molar-refractivity contribution is 7.92. The van der Waals surface area contributed by atoms with Crippen LogP contribution < -0.4 is 10.3 Å². The summed E-state index contributed by atoms with van der Waals surface area (Å²) in [6.07, 6.45) is 1.32. The largest absolute Gasteiger partial charge is 0.314 e. The molecular weight excluding hydrogens is 302 g/mol. The Bertz CT molecular complexity index is 811. The van der Waals surface area contributed by atoms with Crippen molar-refractivity contribution in [1.29, 1.82) is 0 Å². The van der Waals surface area contributed by atoms with Gasteiger partial charge in [0.1, 0.15) is 11.6 Å². The first-order chi connectivity index (χ1) is 9.81. The first-order valence-electron chi connectivity index (χ1n) is 6.01. The SMILES string of the molecule is CCn1cc(NS(=O)(=O)c2cc(F)cc(F)c2)ccc1=O. The molecule has 21 heavy (non-hydrogen) atoms. The molecule has 0 bridgehead atoms.